The molecule has 2 aromatic carbocycles. The Morgan fingerprint density at radius 2 is 1.83 bits per heavy atom. The van der Waals surface area contributed by atoms with Gasteiger partial charge in [-0.25, -0.2) is 4.39 Å². The number of nitrogens with one attached hydrogen (secondary N) is 1. The van der Waals surface area contributed by atoms with Crippen LogP contribution < -0.4 is 5.32 Å². The van der Waals surface area contributed by atoms with E-state index in [1.54, 1.807) is 20.8 Å². The molecule has 6 heteroatoms. The molecule has 0 heterocycles. The fourth-order valence-corrected chi connectivity index (χ4v) is 3.72. The number of aliphatic hydroxyl groups is 2. The van der Waals surface area contributed by atoms with Gasteiger partial charge in [-0.15, -0.1) is 0 Å². The molecule has 0 aliphatic heterocycles. The predicted molar refractivity (Wildman–Crippen MR) is 115 cm³/mol. The summed E-state index contributed by atoms with van der Waals surface area (Å²) in [5.74, 6) is -0.885. The Bertz CT molecular complexity index is 903. The van der Waals surface area contributed by atoms with Crippen LogP contribution in [-0.2, 0) is 23.2 Å². The third-order valence-electron chi connectivity index (χ3n) is 5.38. The number of halogens is 1. The lowest BCUT2D eigenvalue weighted by atomic mass is 9.84. The second-order valence-electron chi connectivity index (χ2n) is 8.59. The summed E-state index contributed by atoms with van der Waals surface area (Å²) >= 11 is 0. The van der Waals surface area contributed by atoms with Crippen LogP contribution in [0, 0.1) is 12.7 Å². The van der Waals surface area contributed by atoms with E-state index in [0.29, 0.717) is 12.0 Å². The lowest BCUT2D eigenvalue weighted by molar-refractivity contribution is -0.121. The van der Waals surface area contributed by atoms with E-state index in [0.717, 1.165) is 22.8 Å². The second kappa shape index (κ2) is 9.58. The highest BCUT2D eigenvalue weighted by Gasteiger charge is 2.25. The Morgan fingerprint density at radius 3 is 2.40 bits per heavy atom. The van der Waals surface area contributed by atoms with Crippen LogP contribution in [-0.4, -0.2) is 33.9 Å². The Kier molecular flexibility index (Phi) is 7.61. The monoisotopic (exact) mass is 417 g/mol. The number of carbonyl (C=O) groups excluding carboxylic acids is 1. The molecular formula is C24H32FNO4. The average molecular weight is 418 g/mol. The van der Waals surface area contributed by atoms with Crippen LogP contribution >= 0.6 is 0 Å². The molecule has 2 aromatic rings. The number of phenols is 1. The number of amides is 1. The molecule has 5 nitrogen and oxygen atoms in total. The summed E-state index contributed by atoms with van der Waals surface area (Å²) in [6, 6.07) is 7.51. The highest BCUT2D eigenvalue weighted by atomic mass is 19.1. The van der Waals surface area contributed by atoms with Gasteiger partial charge in [-0.2, -0.15) is 0 Å². The van der Waals surface area contributed by atoms with Gasteiger partial charge in [-0.05, 0) is 67.5 Å². The van der Waals surface area contributed by atoms with Gasteiger partial charge in [-0.1, -0.05) is 32.0 Å². The quantitative estimate of drug-likeness (QED) is 0.530. The molecule has 4 N–H and O–H groups in total. The van der Waals surface area contributed by atoms with Crippen LogP contribution in [0.25, 0.3) is 0 Å². The first-order valence-corrected chi connectivity index (χ1v) is 10.2. The third-order valence-corrected chi connectivity index (χ3v) is 5.38. The molecule has 0 saturated carbocycles. The maximum atomic E-state index is 14.1. The molecule has 2 rings (SSSR count). The standard InChI is InChI=1S/C24H32FNO4/c1-14(2)17-7-6-8-20(24(4,5)30)19(17)11-16(13-27)26-23(29)12-18-15(3)22(28)10-9-21(18)25/h6-10,14,16,27-28,30H,11-13H2,1-5H3,(H,26,29)/t16-/m1/s1. The molecule has 1 atom stereocenters. The van der Waals surface area contributed by atoms with Crippen molar-refractivity contribution in [3.63, 3.8) is 0 Å². The topological polar surface area (TPSA) is 89.8 Å². The molecular weight excluding hydrogens is 385 g/mol. The summed E-state index contributed by atoms with van der Waals surface area (Å²) < 4.78 is 14.1. The number of rotatable bonds is 8. The van der Waals surface area contributed by atoms with Gasteiger partial charge in [0.05, 0.1) is 24.7 Å². The van der Waals surface area contributed by atoms with Gasteiger partial charge in [0.25, 0.3) is 0 Å². The normalized spacial score (nSPS) is 12.8. The Labute approximate surface area is 177 Å². The largest absolute Gasteiger partial charge is 0.508 e. The van der Waals surface area contributed by atoms with Crippen molar-refractivity contribution in [3.8, 4) is 5.75 Å². The Balaban J connectivity index is 2.26. The number of benzene rings is 2. The molecule has 0 aliphatic rings. The van der Waals surface area contributed by atoms with Crippen molar-refractivity contribution < 1.29 is 24.5 Å². The zero-order valence-electron chi connectivity index (χ0n) is 18.3. The van der Waals surface area contributed by atoms with Gasteiger partial charge < -0.3 is 20.6 Å². The molecule has 0 unspecified atom stereocenters. The number of hydrogen-bond acceptors (Lipinski definition) is 4. The molecule has 0 saturated heterocycles. The summed E-state index contributed by atoms with van der Waals surface area (Å²) in [4.78, 5) is 12.6. The smallest absolute Gasteiger partial charge is 0.224 e. The van der Waals surface area contributed by atoms with Gasteiger partial charge in [0.1, 0.15) is 11.6 Å². The summed E-state index contributed by atoms with van der Waals surface area (Å²) in [7, 11) is 0. The number of aromatic hydroxyl groups is 1. The van der Waals surface area contributed by atoms with Gasteiger partial charge in [0, 0.05) is 5.56 Å². The molecule has 0 aromatic heterocycles. The van der Waals surface area contributed by atoms with Crippen LogP contribution in [0.15, 0.2) is 30.3 Å². The van der Waals surface area contributed by atoms with Crippen molar-refractivity contribution in [2.75, 3.05) is 6.61 Å². The van der Waals surface area contributed by atoms with Crippen molar-refractivity contribution in [1.82, 2.24) is 5.32 Å². The van der Waals surface area contributed by atoms with Crippen LogP contribution in [0.5, 0.6) is 5.75 Å². The second-order valence-corrected chi connectivity index (χ2v) is 8.59. The number of hydrogen-bond donors (Lipinski definition) is 4. The van der Waals surface area contributed by atoms with Gasteiger partial charge in [0.15, 0.2) is 0 Å². The lowest BCUT2D eigenvalue weighted by Gasteiger charge is -2.27. The van der Waals surface area contributed by atoms with Crippen molar-refractivity contribution >= 4 is 5.91 Å². The van der Waals surface area contributed by atoms with Crippen molar-refractivity contribution in [2.24, 2.45) is 0 Å². The van der Waals surface area contributed by atoms with Gasteiger partial charge in [-0.3, -0.25) is 4.79 Å². The van der Waals surface area contributed by atoms with E-state index in [4.69, 9.17) is 0 Å². The van der Waals surface area contributed by atoms with E-state index >= 15 is 0 Å². The summed E-state index contributed by atoms with van der Waals surface area (Å²) in [6.45, 7) is 8.76. The minimum Gasteiger partial charge on any atom is -0.508 e. The molecule has 30 heavy (non-hydrogen) atoms. The molecule has 1 amide bonds. The SMILES string of the molecule is Cc1c(O)ccc(F)c1CC(=O)N[C@@H](CO)Cc1c(C(C)C)cccc1C(C)(C)O. The zero-order chi connectivity index (χ0) is 22.6. The highest BCUT2D eigenvalue weighted by Crippen LogP contribution is 2.31. The summed E-state index contributed by atoms with van der Waals surface area (Å²) in [5.41, 5.74) is 2.04. The molecule has 0 radical (unpaired) electrons. The van der Waals surface area contributed by atoms with Crippen molar-refractivity contribution in [1.29, 1.82) is 0 Å². The predicted octanol–water partition coefficient (Wildman–Crippen LogP) is 3.45. The first kappa shape index (κ1) is 23.8. The third kappa shape index (κ3) is 5.58. The van der Waals surface area contributed by atoms with Crippen LogP contribution in [0.2, 0.25) is 0 Å². The number of aliphatic hydroxyl groups excluding tert-OH is 1. The van der Waals surface area contributed by atoms with Gasteiger partial charge in [0.2, 0.25) is 5.91 Å². The Morgan fingerprint density at radius 1 is 1.17 bits per heavy atom. The summed E-state index contributed by atoms with van der Waals surface area (Å²) in [5, 5.41) is 33.0. The molecule has 0 aliphatic carbocycles. The number of carbonyl (C=O) groups is 1. The molecule has 0 fully saturated rings. The minimum absolute atomic E-state index is 0.0708. The van der Waals surface area contributed by atoms with E-state index in [-0.39, 0.29) is 30.3 Å². The summed E-state index contributed by atoms with van der Waals surface area (Å²) in [6.07, 6.45) is 0.0875. The van der Waals surface area contributed by atoms with Gasteiger partial charge >= 0.3 is 0 Å². The maximum absolute atomic E-state index is 14.1. The first-order chi connectivity index (χ1) is 14.0. The van der Waals surface area contributed by atoms with E-state index < -0.39 is 23.4 Å². The first-order valence-electron chi connectivity index (χ1n) is 10.2. The Hall–Kier alpha value is -2.44. The van der Waals surface area contributed by atoms with Crippen molar-refractivity contribution in [2.45, 2.75) is 65.0 Å². The highest BCUT2D eigenvalue weighted by molar-refractivity contribution is 5.79. The fraction of sp³-hybridized carbons (Fsp3) is 0.458. The van der Waals surface area contributed by atoms with E-state index in [1.807, 2.05) is 32.0 Å². The molecule has 0 bridgehead atoms. The van der Waals surface area contributed by atoms with E-state index in [1.165, 1.54) is 6.07 Å². The maximum Gasteiger partial charge on any atom is 0.224 e. The molecule has 164 valence electrons. The molecule has 0 spiro atoms. The van der Waals surface area contributed by atoms with E-state index in [9.17, 15) is 24.5 Å². The van der Waals surface area contributed by atoms with Crippen LogP contribution in [0.4, 0.5) is 4.39 Å². The lowest BCUT2D eigenvalue weighted by Crippen LogP contribution is -2.41. The van der Waals surface area contributed by atoms with Crippen molar-refractivity contribution in [3.05, 3.63) is 64.0 Å². The van der Waals surface area contributed by atoms with Crippen LogP contribution in [0.3, 0.4) is 0 Å². The minimum atomic E-state index is -1.08. The fourth-order valence-electron chi connectivity index (χ4n) is 3.72. The number of phenolic OH excluding ortho intramolecular Hbond substituents is 1. The van der Waals surface area contributed by atoms with Crippen LogP contribution in [0.1, 0.15) is 61.4 Å². The average Bonchev–Trinajstić information content (AvgIpc) is 2.66. The van der Waals surface area contributed by atoms with E-state index in [2.05, 4.69) is 5.32 Å². The zero-order valence-corrected chi connectivity index (χ0v) is 18.3.